The Bertz CT molecular complexity index is 294. The van der Waals surface area contributed by atoms with E-state index in [-0.39, 0.29) is 0 Å². The number of hydrogen-bond donors (Lipinski definition) is 1. The molecule has 0 aromatic carbocycles. The highest BCUT2D eigenvalue weighted by atomic mass is 79.9. The summed E-state index contributed by atoms with van der Waals surface area (Å²) >= 11 is 3.46. The van der Waals surface area contributed by atoms with Crippen LogP contribution < -0.4 is 5.32 Å². The first kappa shape index (κ1) is 13.8. The predicted molar refractivity (Wildman–Crippen MR) is 71.5 cm³/mol. The number of furan rings is 1. The molecule has 0 bridgehead atoms. The summed E-state index contributed by atoms with van der Waals surface area (Å²) in [7, 11) is 0. The molecule has 1 N–H and O–H groups in total. The molecule has 92 valence electrons. The Morgan fingerprint density at radius 3 is 2.44 bits per heavy atom. The second-order valence-electron chi connectivity index (χ2n) is 4.18. The number of halogens is 1. The van der Waals surface area contributed by atoms with E-state index in [1.165, 1.54) is 24.8 Å². The van der Waals surface area contributed by atoms with Gasteiger partial charge in [0.2, 0.25) is 0 Å². The van der Waals surface area contributed by atoms with Crippen LogP contribution in [0.1, 0.15) is 51.6 Å². The fraction of sp³-hybridized carbons (Fsp3) is 0.692. The van der Waals surface area contributed by atoms with E-state index in [1.807, 2.05) is 0 Å². The van der Waals surface area contributed by atoms with Crippen molar-refractivity contribution in [2.75, 3.05) is 6.54 Å². The van der Waals surface area contributed by atoms with Gasteiger partial charge in [0.15, 0.2) is 4.67 Å². The lowest BCUT2D eigenvalue weighted by Gasteiger charge is -2.22. The number of hydrogen-bond acceptors (Lipinski definition) is 2. The van der Waals surface area contributed by atoms with Gasteiger partial charge in [-0.25, -0.2) is 0 Å². The van der Waals surface area contributed by atoms with Crippen LogP contribution in [0.4, 0.5) is 0 Å². The third-order valence-corrected chi connectivity index (χ3v) is 3.84. The SMILES string of the molecule is CCNC(CC(CC)CC)c1ccoc1Br. The molecule has 2 nitrogen and oxygen atoms in total. The summed E-state index contributed by atoms with van der Waals surface area (Å²) in [5.41, 5.74) is 1.24. The highest BCUT2D eigenvalue weighted by Crippen LogP contribution is 2.30. The maximum Gasteiger partial charge on any atom is 0.173 e. The van der Waals surface area contributed by atoms with Gasteiger partial charge in [-0.1, -0.05) is 33.6 Å². The van der Waals surface area contributed by atoms with Crippen LogP contribution in [-0.4, -0.2) is 6.54 Å². The summed E-state index contributed by atoms with van der Waals surface area (Å²) in [6.07, 6.45) is 5.41. The Kier molecular flexibility index (Phi) is 6.14. The van der Waals surface area contributed by atoms with Gasteiger partial charge in [0, 0.05) is 11.6 Å². The van der Waals surface area contributed by atoms with Crippen molar-refractivity contribution < 1.29 is 4.42 Å². The van der Waals surface area contributed by atoms with E-state index in [4.69, 9.17) is 4.42 Å². The van der Waals surface area contributed by atoms with Crippen LogP contribution in [0.15, 0.2) is 21.4 Å². The zero-order valence-corrected chi connectivity index (χ0v) is 12.0. The Morgan fingerprint density at radius 1 is 1.31 bits per heavy atom. The first-order valence-electron chi connectivity index (χ1n) is 6.19. The van der Waals surface area contributed by atoms with Gasteiger partial charge < -0.3 is 9.73 Å². The van der Waals surface area contributed by atoms with Gasteiger partial charge in [-0.05, 0) is 40.9 Å². The van der Waals surface area contributed by atoms with E-state index in [9.17, 15) is 0 Å². The van der Waals surface area contributed by atoms with E-state index in [1.54, 1.807) is 6.26 Å². The van der Waals surface area contributed by atoms with Crippen molar-refractivity contribution in [3.63, 3.8) is 0 Å². The number of nitrogens with one attached hydrogen (secondary N) is 1. The lowest BCUT2D eigenvalue weighted by molar-refractivity contribution is 0.372. The molecule has 1 aromatic rings. The molecule has 0 saturated heterocycles. The summed E-state index contributed by atoms with van der Waals surface area (Å²) in [5.74, 6) is 0.783. The third kappa shape index (κ3) is 3.63. The van der Waals surface area contributed by atoms with E-state index < -0.39 is 0 Å². The van der Waals surface area contributed by atoms with Crippen LogP contribution in [0.5, 0.6) is 0 Å². The second-order valence-corrected chi connectivity index (χ2v) is 4.90. The van der Waals surface area contributed by atoms with Crippen LogP contribution in [0.3, 0.4) is 0 Å². The molecule has 0 saturated carbocycles. The quantitative estimate of drug-likeness (QED) is 0.798. The van der Waals surface area contributed by atoms with E-state index in [2.05, 4.69) is 48.1 Å². The summed E-state index contributed by atoms with van der Waals surface area (Å²) < 4.78 is 6.18. The van der Waals surface area contributed by atoms with E-state index >= 15 is 0 Å². The molecule has 0 spiro atoms. The minimum atomic E-state index is 0.406. The summed E-state index contributed by atoms with van der Waals surface area (Å²) in [4.78, 5) is 0. The molecule has 1 atom stereocenters. The zero-order chi connectivity index (χ0) is 12.0. The molecule has 0 aliphatic heterocycles. The summed E-state index contributed by atoms with van der Waals surface area (Å²) in [6.45, 7) is 7.67. The molecule has 0 aliphatic rings. The maximum absolute atomic E-state index is 5.32. The second kappa shape index (κ2) is 7.13. The molecule has 1 heterocycles. The van der Waals surface area contributed by atoms with Crippen LogP contribution in [-0.2, 0) is 0 Å². The molecule has 3 heteroatoms. The van der Waals surface area contributed by atoms with Crippen molar-refractivity contribution in [3.05, 3.63) is 22.6 Å². The molecule has 0 radical (unpaired) electrons. The lowest BCUT2D eigenvalue weighted by Crippen LogP contribution is -2.23. The Hall–Kier alpha value is -0.280. The Morgan fingerprint density at radius 2 is 2.00 bits per heavy atom. The van der Waals surface area contributed by atoms with Gasteiger partial charge in [-0.2, -0.15) is 0 Å². The van der Waals surface area contributed by atoms with Crippen molar-refractivity contribution in [1.82, 2.24) is 5.32 Å². The maximum atomic E-state index is 5.32. The smallest absolute Gasteiger partial charge is 0.173 e. The standard InChI is InChI=1S/C13H22BrNO/c1-4-10(5-2)9-12(15-6-3)11-7-8-16-13(11)14/h7-8,10,12,15H,4-6,9H2,1-3H3. The molecule has 0 amide bonds. The van der Waals surface area contributed by atoms with Crippen molar-refractivity contribution in [1.29, 1.82) is 0 Å². The average Bonchev–Trinajstić information content (AvgIpc) is 2.71. The van der Waals surface area contributed by atoms with Crippen LogP contribution in [0.25, 0.3) is 0 Å². The fourth-order valence-electron chi connectivity index (χ4n) is 2.08. The molecule has 0 fully saturated rings. The first-order chi connectivity index (χ1) is 7.72. The molecule has 16 heavy (non-hydrogen) atoms. The molecule has 0 aliphatic carbocycles. The van der Waals surface area contributed by atoms with Crippen LogP contribution >= 0.6 is 15.9 Å². The van der Waals surface area contributed by atoms with Gasteiger partial charge >= 0.3 is 0 Å². The van der Waals surface area contributed by atoms with E-state index in [0.29, 0.717) is 6.04 Å². The van der Waals surface area contributed by atoms with Gasteiger partial charge in [0.1, 0.15) is 0 Å². The number of rotatable bonds is 7. The topological polar surface area (TPSA) is 25.2 Å². The third-order valence-electron chi connectivity index (χ3n) is 3.20. The van der Waals surface area contributed by atoms with Crippen molar-refractivity contribution in [2.24, 2.45) is 5.92 Å². The summed E-state index contributed by atoms with van der Waals surface area (Å²) in [5, 5.41) is 3.53. The molecule has 1 unspecified atom stereocenters. The Balaban J connectivity index is 2.71. The molecule has 1 aromatic heterocycles. The monoisotopic (exact) mass is 287 g/mol. The van der Waals surface area contributed by atoms with E-state index in [0.717, 1.165) is 17.1 Å². The minimum absolute atomic E-state index is 0.406. The van der Waals surface area contributed by atoms with Crippen molar-refractivity contribution in [3.8, 4) is 0 Å². The molecular formula is C13H22BrNO. The van der Waals surface area contributed by atoms with Crippen LogP contribution in [0.2, 0.25) is 0 Å². The van der Waals surface area contributed by atoms with Gasteiger partial charge in [0.25, 0.3) is 0 Å². The fourth-order valence-corrected chi connectivity index (χ4v) is 2.59. The average molecular weight is 288 g/mol. The van der Waals surface area contributed by atoms with Crippen LogP contribution in [0, 0.1) is 5.92 Å². The normalized spacial score (nSPS) is 13.3. The molecule has 1 rings (SSSR count). The first-order valence-corrected chi connectivity index (χ1v) is 6.98. The van der Waals surface area contributed by atoms with Crippen molar-refractivity contribution in [2.45, 2.75) is 46.1 Å². The Labute approximate surface area is 107 Å². The van der Waals surface area contributed by atoms with Crippen molar-refractivity contribution >= 4 is 15.9 Å². The highest BCUT2D eigenvalue weighted by Gasteiger charge is 2.18. The summed E-state index contributed by atoms with van der Waals surface area (Å²) in [6, 6.07) is 2.46. The van der Waals surface area contributed by atoms with Gasteiger partial charge in [-0.3, -0.25) is 0 Å². The predicted octanol–water partition coefficient (Wildman–Crippen LogP) is 4.52. The highest BCUT2D eigenvalue weighted by molar-refractivity contribution is 9.10. The molecular weight excluding hydrogens is 266 g/mol. The zero-order valence-electron chi connectivity index (χ0n) is 10.4. The van der Waals surface area contributed by atoms with Gasteiger partial charge in [-0.15, -0.1) is 0 Å². The van der Waals surface area contributed by atoms with Gasteiger partial charge in [0.05, 0.1) is 6.26 Å². The minimum Gasteiger partial charge on any atom is -0.457 e. The lowest BCUT2D eigenvalue weighted by atomic mass is 9.92. The largest absolute Gasteiger partial charge is 0.457 e.